The predicted octanol–water partition coefficient (Wildman–Crippen LogP) is 2.54. The zero-order valence-corrected chi connectivity index (χ0v) is 9.32. The van der Waals surface area contributed by atoms with Gasteiger partial charge < -0.3 is 10.1 Å². The average molecular weight is 285 g/mol. The predicted molar refractivity (Wildman–Crippen MR) is 59.6 cm³/mol. The molecule has 2 aromatic rings. The first-order chi connectivity index (χ1) is 7.52. The van der Waals surface area contributed by atoms with Crippen molar-refractivity contribution < 1.29 is 14.8 Å². The van der Waals surface area contributed by atoms with Gasteiger partial charge in [-0.05, 0) is 28.1 Å². The molecule has 2 N–H and O–H groups in total. The van der Waals surface area contributed by atoms with Crippen LogP contribution in [0.2, 0.25) is 0 Å². The van der Waals surface area contributed by atoms with E-state index in [4.69, 9.17) is 5.11 Å². The maximum absolute atomic E-state index is 10.9. The number of aromatic carboxylic acids is 1. The molecule has 16 heavy (non-hydrogen) atoms. The van der Waals surface area contributed by atoms with Gasteiger partial charge in [0, 0.05) is 4.47 Å². The summed E-state index contributed by atoms with van der Waals surface area (Å²) in [4.78, 5) is 23.5. The molecule has 6 nitrogen and oxygen atoms in total. The van der Waals surface area contributed by atoms with Crippen LogP contribution >= 0.6 is 15.9 Å². The fraction of sp³-hybridized carbons (Fsp3) is 0. The van der Waals surface area contributed by atoms with Crippen molar-refractivity contribution in [1.29, 1.82) is 0 Å². The van der Waals surface area contributed by atoms with Crippen LogP contribution in [-0.2, 0) is 0 Å². The van der Waals surface area contributed by atoms with Gasteiger partial charge in [0.05, 0.1) is 15.8 Å². The van der Waals surface area contributed by atoms with E-state index in [1.54, 1.807) is 18.2 Å². The van der Waals surface area contributed by atoms with Gasteiger partial charge in [-0.2, -0.15) is 0 Å². The normalized spacial score (nSPS) is 10.6. The van der Waals surface area contributed by atoms with Gasteiger partial charge in [0.15, 0.2) is 0 Å². The van der Waals surface area contributed by atoms with Gasteiger partial charge in [-0.3, -0.25) is 10.1 Å². The lowest BCUT2D eigenvalue weighted by Gasteiger charge is -1.93. The fourth-order valence-electron chi connectivity index (χ4n) is 1.53. The third kappa shape index (κ3) is 1.45. The van der Waals surface area contributed by atoms with E-state index in [1.807, 2.05) is 0 Å². The number of nitrogens with zero attached hydrogens (tertiary/aromatic N) is 1. The zero-order valence-electron chi connectivity index (χ0n) is 7.73. The summed E-state index contributed by atoms with van der Waals surface area (Å²) in [5.41, 5.74) is -0.416. The Labute approximate surface area is 97.2 Å². The summed E-state index contributed by atoms with van der Waals surface area (Å²) in [5.74, 6) is -1.35. The molecule has 1 aromatic heterocycles. The number of rotatable bonds is 2. The molecule has 7 heteroatoms. The molecule has 0 aliphatic carbocycles. The second kappa shape index (κ2) is 3.60. The molecule has 0 aliphatic rings. The lowest BCUT2D eigenvalue weighted by atomic mass is 10.2. The summed E-state index contributed by atoms with van der Waals surface area (Å²) in [6.07, 6.45) is 0. The number of carboxylic acids is 1. The number of nitro groups is 1. The smallest absolute Gasteiger partial charge is 0.359 e. The Morgan fingerprint density at radius 2 is 2.19 bits per heavy atom. The number of aromatic amines is 1. The van der Waals surface area contributed by atoms with Crippen LogP contribution in [0.5, 0.6) is 0 Å². The first-order valence-electron chi connectivity index (χ1n) is 4.20. The molecular formula is C9H5BrN2O4. The highest BCUT2D eigenvalue weighted by molar-refractivity contribution is 9.10. The molecule has 82 valence electrons. The molecule has 0 radical (unpaired) electrons. The minimum atomic E-state index is -1.35. The fourth-order valence-corrected chi connectivity index (χ4v) is 2.08. The van der Waals surface area contributed by atoms with Crippen molar-refractivity contribution in [2.45, 2.75) is 0 Å². The molecule has 1 aromatic carbocycles. The molecule has 0 atom stereocenters. The van der Waals surface area contributed by atoms with Crippen LogP contribution in [0.15, 0.2) is 22.7 Å². The van der Waals surface area contributed by atoms with Gasteiger partial charge in [0.1, 0.15) is 0 Å². The summed E-state index contributed by atoms with van der Waals surface area (Å²) in [5, 5.41) is 20.0. The Morgan fingerprint density at radius 1 is 1.50 bits per heavy atom. The summed E-state index contributed by atoms with van der Waals surface area (Å²) in [7, 11) is 0. The monoisotopic (exact) mass is 284 g/mol. The van der Waals surface area contributed by atoms with E-state index >= 15 is 0 Å². The number of nitrogens with one attached hydrogen (secondary N) is 1. The number of hydrogen-bond acceptors (Lipinski definition) is 3. The number of halogens is 1. The van der Waals surface area contributed by atoms with Crippen molar-refractivity contribution in [3.63, 3.8) is 0 Å². The maximum atomic E-state index is 10.9. The van der Waals surface area contributed by atoms with Crippen LogP contribution in [0, 0.1) is 10.1 Å². The first-order valence-corrected chi connectivity index (χ1v) is 4.99. The molecule has 0 fully saturated rings. The van der Waals surface area contributed by atoms with E-state index in [0.717, 1.165) is 0 Å². The van der Waals surface area contributed by atoms with Gasteiger partial charge in [-0.1, -0.05) is 6.07 Å². The van der Waals surface area contributed by atoms with E-state index in [-0.39, 0.29) is 5.39 Å². The topological polar surface area (TPSA) is 96.2 Å². The van der Waals surface area contributed by atoms with Gasteiger partial charge in [-0.15, -0.1) is 0 Å². The van der Waals surface area contributed by atoms with Crippen LogP contribution in [0.25, 0.3) is 10.9 Å². The standard InChI is InChI=1S/C9H5BrN2O4/c10-4-2-1-3-5-6(4)8(12(15)16)7(11-5)9(13)14/h1-3,11H,(H,13,14). The van der Waals surface area contributed by atoms with Crippen molar-refractivity contribution in [2.24, 2.45) is 0 Å². The van der Waals surface area contributed by atoms with Crippen LogP contribution in [0.4, 0.5) is 5.69 Å². The average Bonchev–Trinajstić information content (AvgIpc) is 2.58. The largest absolute Gasteiger partial charge is 0.476 e. The minimum Gasteiger partial charge on any atom is -0.476 e. The molecule has 2 rings (SSSR count). The summed E-state index contributed by atoms with van der Waals surface area (Å²) >= 11 is 3.16. The lowest BCUT2D eigenvalue weighted by Crippen LogP contribution is -2.01. The van der Waals surface area contributed by atoms with Crippen LogP contribution in [-0.4, -0.2) is 21.0 Å². The van der Waals surface area contributed by atoms with Gasteiger partial charge in [0.25, 0.3) is 0 Å². The maximum Gasteiger partial charge on any atom is 0.359 e. The second-order valence-corrected chi connectivity index (χ2v) is 3.93. The van der Waals surface area contributed by atoms with E-state index in [1.165, 1.54) is 0 Å². The van der Waals surface area contributed by atoms with Gasteiger partial charge >= 0.3 is 11.7 Å². The number of hydrogen-bond donors (Lipinski definition) is 2. The Kier molecular flexibility index (Phi) is 2.39. The lowest BCUT2D eigenvalue weighted by molar-refractivity contribution is -0.383. The van der Waals surface area contributed by atoms with Crippen molar-refractivity contribution in [2.75, 3.05) is 0 Å². The molecule has 0 aliphatic heterocycles. The van der Waals surface area contributed by atoms with E-state index in [0.29, 0.717) is 9.99 Å². The molecular weight excluding hydrogens is 280 g/mol. The quantitative estimate of drug-likeness (QED) is 0.654. The van der Waals surface area contributed by atoms with Crippen molar-refractivity contribution in [3.05, 3.63) is 38.5 Å². The number of benzene rings is 1. The summed E-state index contributed by atoms with van der Waals surface area (Å²) in [6.45, 7) is 0. The Morgan fingerprint density at radius 3 is 2.75 bits per heavy atom. The Bertz CT molecular complexity index is 605. The number of H-pyrrole nitrogens is 1. The first kappa shape index (κ1) is 10.6. The number of carbonyl (C=O) groups is 1. The minimum absolute atomic E-state index is 0.268. The van der Waals surface area contributed by atoms with Gasteiger partial charge in [-0.25, -0.2) is 4.79 Å². The summed E-state index contributed by atoms with van der Waals surface area (Å²) in [6, 6.07) is 4.87. The van der Waals surface area contributed by atoms with Crippen LogP contribution in [0.3, 0.4) is 0 Å². The molecule has 0 saturated heterocycles. The molecule has 0 amide bonds. The second-order valence-electron chi connectivity index (χ2n) is 3.07. The van der Waals surface area contributed by atoms with Crippen molar-refractivity contribution in [3.8, 4) is 0 Å². The molecule has 1 heterocycles. The third-order valence-corrected chi connectivity index (χ3v) is 2.80. The van der Waals surface area contributed by atoms with Crippen molar-refractivity contribution >= 4 is 38.5 Å². The third-order valence-electron chi connectivity index (χ3n) is 2.14. The van der Waals surface area contributed by atoms with E-state index < -0.39 is 22.3 Å². The highest BCUT2D eigenvalue weighted by Gasteiger charge is 2.27. The molecule has 0 bridgehead atoms. The van der Waals surface area contributed by atoms with Crippen molar-refractivity contribution in [1.82, 2.24) is 4.98 Å². The highest BCUT2D eigenvalue weighted by atomic mass is 79.9. The van der Waals surface area contributed by atoms with Crippen LogP contribution in [0.1, 0.15) is 10.5 Å². The number of fused-ring (bicyclic) bond motifs is 1. The molecule has 0 saturated carbocycles. The molecule has 0 spiro atoms. The highest BCUT2D eigenvalue weighted by Crippen LogP contribution is 2.35. The Hall–Kier alpha value is -1.89. The SMILES string of the molecule is O=C(O)c1[nH]c2cccc(Br)c2c1[N+](=O)[O-]. The van der Waals surface area contributed by atoms with E-state index in [2.05, 4.69) is 20.9 Å². The number of carboxylic acid groups (broad SMARTS) is 1. The van der Waals surface area contributed by atoms with E-state index in [9.17, 15) is 14.9 Å². The molecule has 0 unspecified atom stereocenters. The number of aromatic nitrogens is 1. The summed E-state index contributed by atoms with van der Waals surface area (Å²) < 4.78 is 0.487. The van der Waals surface area contributed by atoms with Gasteiger partial charge in [0.2, 0.25) is 5.69 Å². The van der Waals surface area contributed by atoms with Crippen LogP contribution < -0.4 is 0 Å². The Balaban J connectivity index is 2.94. The zero-order chi connectivity index (χ0) is 11.9.